The molecule has 1 fully saturated rings. The molecule has 5 nitrogen and oxygen atoms in total. The summed E-state index contributed by atoms with van der Waals surface area (Å²) in [4.78, 5) is 23.5. The molecule has 0 amide bonds. The molecule has 0 bridgehead atoms. The molecular weight excluding hydrogens is 380 g/mol. The molecule has 4 unspecified atom stereocenters. The number of aliphatic hydroxyl groups is 2. The number of hydrogen-bond acceptors (Lipinski definition) is 5. The number of unbranched alkanes of at least 4 members (excludes halogenated alkanes) is 5. The predicted octanol–water partition coefficient (Wildman–Crippen LogP) is 5.12. The maximum atomic E-state index is 12.1. The van der Waals surface area contributed by atoms with Gasteiger partial charge in [0.05, 0.1) is 18.3 Å². The molecule has 0 aromatic carbocycles. The van der Waals surface area contributed by atoms with Crippen LogP contribution in [0.3, 0.4) is 0 Å². The van der Waals surface area contributed by atoms with E-state index in [1.54, 1.807) is 0 Å². The minimum Gasteiger partial charge on any atom is -0.463 e. The number of Topliss-reactive ketones (excluding diaryl/α,β-unsaturated/α-hetero) is 1. The molecule has 5 heteroatoms. The number of esters is 1. The summed E-state index contributed by atoms with van der Waals surface area (Å²) in [6.45, 7) is 5.85. The van der Waals surface area contributed by atoms with E-state index >= 15 is 0 Å². The summed E-state index contributed by atoms with van der Waals surface area (Å²) in [5.41, 5.74) is 0. The van der Waals surface area contributed by atoms with Crippen molar-refractivity contribution in [3.8, 4) is 0 Å². The monoisotopic (exact) mass is 424 g/mol. The number of carbonyl (C=O) groups is 2. The molecule has 0 aromatic rings. The van der Waals surface area contributed by atoms with Crippen LogP contribution in [0.15, 0.2) is 12.2 Å². The van der Waals surface area contributed by atoms with Gasteiger partial charge in [-0.15, -0.1) is 0 Å². The minimum atomic E-state index is -0.507. The van der Waals surface area contributed by atoms with Gasteiger partial charge >= 0.3 is 5.97 Å². The van der Waals surface area contributed by atoms with Gasteiger partial charge in [0.1, 0.15) is 5.78 Å². The van der Waals surface area contributed by atoms with Gasteiger partial charge in [-0.25, -0.2) is 0 Å². The summed E-state index contributed by atoms with van der Waals surface area (Å²) in [7, 11) is 0. The second-order valence-electron chi connectivity index (χ2n) is 9.08. The lowest BCUT2D eigenvalue weighted by atomic mass is 9.86. The first-order chi connectivity index (χ1) is 14.3. The lowest BCUT2D eigenvalue weighted by molar-refractivity contribution is -0.147. The summed E-state index contributed by atoms with van der Waals surface area (Å²) in [6, 6.07) is 0. The Morgan fingerprint density at radius 1 is 0.933 bits per heavy atom. The van der Waals surface area contributed by atoms with Gasteiger partial charge in [0, 0.05) is 19.3 Å². The Morgan fingerprint density at radius 3 is 2.33 bits per heavy atom. The molecule has 2 N–H and O–H groups in total. The Bertz CT molecular complexity index is 514. The van der Waals surface area contributed by atoms with Crippen LogP contribution in [0.4, 0.5) is 0 Å². The van der Waals surface area contributed by atoms with Gasteiger partial charge in [-0.2, -0.15) is 0 Å². The van der Waals surface area contributed by atoms with E-state index in [0.717, 1.165) is 51.4 Å². The third-order valence-electron chi connectivity index (χ3n) is 6.03. The first-order valence-corrected chi connectivity index (χ1v) is 12.1. The van der Waals surface area contributed by atoms with Gasteiger partial charge in [-0.3, -0.25) is 9.59 Å². The van der Waals surface area contributed by atoms with Gasteiger partial charge in [0.15, 0.2) is 0 Å². The van der Waals surface area contributed by atoms with Crippen molar-refractivity contribution >= 4 is 11.8 Å². The molecule has 0 spiro atoms. The van der Waals surface area contributed by atoms with E-state index in [4.69, 9.17) is 4.74 Å². The number of rotatable bonds is 16. The van der Waals surface area contributed by atoms with Crippen molar-refractivity contribution in [3.05, 3.63) is 12.2 Å². The Labute approximate surface area is 183 Å². The minimum absolute atomic E-state index is 0.00625. The van der Waals surface area contributed by atoms with E-state index in [1.165, 1.54) is 0 Å². The van der Waals surface area contributed by atoms with Crippen molar-refractivity contribution in [3.63, 3.8) is 0 Å². The lowest BCUT2D eigenvalue weighted by Gasteiger charge is -2.22. The number of allylic oxidation sites excluding steroid dienone is 2. The molecule has 0 aromatic heterocycles. The Morgan fingerprint density at radius 2 is 1.63 bits per heavy atom. The normalized spacial score (nSPS) is 24.1. The smallest absolute Gasteiger partial charge is 0.306 e. The van der Waals surface area contributed by atoms with Crippen LogP contribution in [0.25, 0.3) is 0 Å². The van der Waals surface area contributed by atoms with Gasteiger partial charge < -0.3 is 14.9 Å². The SMILES string of the molecule is CCCCCC(=O)CCC1C(O)CC(O)C1C/C=C/CCCCCC(=O)OC(C)C. The fourth-order valence-electron chi connectivity index (χ4n) is 4.33. The van der Waals surface area contributed by atoms with Crippen molar-refractivity contribution in [2.45, 2.75) is 123 Å². The van der Waals surface area contributed by atoms with E-state index in [9.17, 15) is 19.8 Å². The Kier molecular flexibility index (Phi) is 13.9. The molecule has 0 heterocycles. The predicted molar refractivity (Wildman–Crippen MR) is 120 cm³/mol. The van der Waals surface area contributed by atoms with E-state index in [2.05, 4.69) is 19.1 Å². The molecule has 30 heavy (non-hydrogen) atoms. The molecule has 0 aliphatic heterocycles. The zero-order valence-electron chi connectivity index (χ0n) is 19.4. The molecule has 174 valence electrons. The van der Waals surface area contributed by atoms with E-state index in [0.29, 0.717) is 32.1 Å². The van der Waals surface area contributed by atoms with Gasteiger partial charge in [0.2, 0.25) is 0 Å². The van der Waals surface area contributed by atoms with Crippen LogP contribution in [0.2, 0.25) is 0 Å². The molecule has 1 saturated carbocycles. The Hall–Kier alpha value is -1.20. The molecule has 1 rings (SSSR count). The third kappa shape index (κ3) is 11.3. The fraction of sp³-hybridized carbons (Fsp3) is 0.840. The highest BCUT2D eigenvalue weighted by Gasteiger charge is 2.40. The second kappa shape index (κ2) is 15.6. The molecule has 4 atom stereocenters. The molecule has 0 saturated heterocycles. The zero-order valence-corrected chi connectivity index (χ0v) is 19.4. The molecular formula is C25H44O5. The van der Waals surface area contributed by atoms with Crippen LogP contribution in [0.1, 0.15) is 104 Å². The number of aliphatic hydroxyl groups excluding tert-OH is 2. The molecule has 1 aliphatic carbocycles. The van der Waals surface area contributed by atoms with Gasteiger partial charge in [-0.05, 0) is 70.6 Å². The van der Waals surface area contributed by atoms with Crippen molar-refractivity contribution in [1.29, 1.82) is 0 Å². The average Bonchev–Trinajstić information content (AvgIpc) is 2.94. The average molecular weight is 425 g/mol. The zero-order chi connectivity index (χ0) is 22.4. The van der Waals surface area contributed by atoms with Crippen molar-refractivity contribution < 1.29 is 24.5 Å². The third-order valence-corrected chi connectivity index (χ3v) is 6.03. The fourth-order valence-corrected chi connectivity index (χ4v) is 4.33. The summed E-state index contributed by atoms with van der Waals surface area (Å²) in [6.07, 6.45) is 13.6. The van der Waals surface area contributed by atoms with Crippen molar-refractivity contribution in [2.75, 3.05) is 0 Å². The topological polar surface area (TPSA) is 83.8 Å². The molecule has 0 radical (unpaired) electrons. The van der Waals surface area contributed by atoms with Gasteiger partial charge in [0.25, 0.3) is 0 Å². The first-order valence-electron chi connectivity index (χ1n) is 12.1. The largest absolute Gasteiger partial charge is 0.463 e. The number of hydrogen-bond donors (Lipinski definition) is 2. The maximum Gasteiger partial charge on any atom is 0.306 e. The van der Waals surface area contributed by atoms with Crippen LogP contribution in [0.5, 0.6) is 0 Å². The van der Waals surface area contributed by atoms with E-state index < -0.39 is 12.2 Å². The summed E-state index contributed by atoms with van der Waals surface area (Å²) in [5, 5.41) is 20.7. The molecule has 1 aliphatic rings. The quantitative estimate of drug-likeness (QED) is 0.204. The standard InChI is InChI=1S/C25H44O5/c1-4-5-10-13-20(26)16-17-22-21(23(27)18-24(22)28)14-11-8-6-7-9-12-15-25(29)30-19(2)3/h8,11,19,21-24,27-28H,4-7,9-10,12-18H2,1-3H3/b11-8+. The van der Waals surface area contributed by atoms with E-state index in [1.807, 2.05) is 13.8 Å². The first kappa shape index (κ1) is 26.8. The highest BCUT2D eigenvalue weighted by Crippen LogP contribution is 2.38. The van der Waals surface area contributed by atoms with Crippen LogP contribution in [0, 0.1) is 11.8 Å². The van der Waals surface area contributed by atoms with E-state index in [-0.39, 0.29) is 29.7 Å². The van der Waals surface area contributed by atoms with Crippen molar-refractivity contribution in [1.82, 2.24) is 0 Å². The summed E-state index contributed by atoms with van der Waals surface area (Å²) in [5.74, 6) is 0.199. The Balaban J connectivity index is 2.25. The second-order valence-corrected chi connectivity index (χ2v) is 9.08. The number of carbonyl (C=O) groups excluding carboxylic acids is 2. The summed E-state index contributed by atoms with van der Waals surface area (Å²) >= 11 is 0. The highest BCUT2D eigenvalue weighted by atomic mass is 16.5. The highest BCUT2D eigenvalue weighted by molar-refractivity contribution is 5.78. The van der Waals surface area contributed by atoms with Gasteiger partial charge in [-0.1, -0.05) is 38.3 Å². The van der Waals surface area contributed by atoms with Crippen molar-refractivity contribution in [2.24, 2.45) is 11.8 Å². The van der Waals surface area contributed by atoms with Crippen LogP contribution < -0.4 is 0 Å². The number of ketones is 1. The van der Waals surface area contributed by atoms with Crippen LogP contribution in [-0.2, 0) is 14.3 Å². The number of ether oxygens (including phenoxy) is 1. The maximum absolute atomic E-state index is 12.1. The van der Waals surface area contributed by atoms with Crippen LogP contribution in [-0.4, -0.2) is 40.3 Å². The van der Waals surface area contributed by atoms with Crippen LogP contribution >= 0.6 is 0 Å². The lowest BCUT2D eigenvalue weighted by Crippen LogP contribution is -2.22. The summed E-state index contributed by atoms with van der Waals surface area (Å²) < 4.78 is 5.12.